The molecule has 0 N–H and O–H groups in total. The molecule has 4 aromatic heterocycles. The van der Waals surface area contributed by atoms with Gasteiger partial charge in [-0.05, 0) is 134 Å². The smallest absolute Gasteiger partial charge is 0.145 e. The standard InChI is InChI=1S/C56H52N4O/c1-33(2)40-16-13-17-41(34(3)4)53(40)37-29-48(54-42(35(5)6)18-14-19-43(54)36(7)8)55-46-25-23-38(31-47(46)56-58-27-28-59(56)51(55)30-37)61-39-22-24-45-44-15-9-10-20-49(44)60(50(45)32-39)52-21-11-12-26-57-52/h9-36H,1-8H3. The summed E-state index contributed by atoms with van der Waals surface area (Å²) < 4.78 is 11.3. The number of hydrogen-bond acceptors (Lipinski definition) is 3. The van der Waals surface area contributed by atoms with E-state index in [1.165, 1.54) is 55.3 Å². The lowest BCUT2D eigenvalue weighted by Gasteiger charge is -2.25. The molecule has 0 atom stereocenters. The molecule has 61 heavy (non-hydrogen) atoms. The highest BCUT2D eigenvalue weighted by atomic mass is 16.5. The van der Waals surface area contributed by atoms with Gasteiger partial charge in [0, 0.05) is 46.2 Å². The summed E-state index contributed by atoms with van der Waals surface area (Å²) in [5.74, 6) is 3.78. The van der Waals surface area contributed by atoms with Crippen molar-refractivity contribution >= 4 is 49.1 Å². The number of para-hydroxylation sites is 1. The molecule has 0 spiro atoms. The maximum Gasteiger partial charge on any atom is 0.145 e. The molecule has 10 aromatic rings. The molecule has 0 aliphatic carbocycles. The first-order chi connectivity index (χ1) is 29.6. The number of ether oxygens (including phenoxy) is 1. The predicted octanol–water partition coefficient (Wildman–Crippen LogP) is 15.8. The highest BCUT2D eigenvalue weighted by molar-refractivity contribution is 6.19. The number of pyridine rings is 2. The first kappa shape index (κ1) is 38.5. The Bertz CT molecular complexity index is 3240. The van der Waals surface area contributed by atoms with Gasteiger partial charge in [0.05, 0.1) is 16.6 Å². The maximum atomic E-state index is 6.81. The van der Waals surface area contributed by atoms with Gasteiger partial charge in [-0.2, -0.15) is 0 Å². The van der Waals surface area contributed by atoms with Crippen LogP contribution >= 0.6 is 0 Å². The number of rotatable bonds is 9. The van der Waals surface area contributed by atoms with Crippen LogP contribution in [0.5, 0.6) is 11.5 Å². The Kier molecular flexibility index (Phi) is 9.51. The van der Waals surface area contributed by atoms with Crippen LogP contribution in [0.1, 0.15) is 101 Å². The highest BCUT2D eigenvalue weighted by Crippen LogP contribution is 2.47. The Morgan fingerprint density at radius 1 is 0.459 bits per heavy atom. The van der Waals surface area contributed by atoms with Crippen molar-refractivity contribution in [1.29, 1.82) is 0 Å². The molecule has 0 bridgehead atoms. The zero-order valence-corrected chi connectivity index (χ0v) is 36.4. The SMILES string of the molecule is CC(C)c1cccc(C(C)C)c1-c1cc(-c2c(C(C)C)cccc2C(C)C)c2c3ccc(Oc4ccc5c6ccccc6n(-c6ccccn6)c5c4)cc3c3nccn3c2c1. The van der Waals surface area contributed by atoms with Gasteiger partial charge in [0.15, 0.2) is 0 Å². The van der Waals surface area contributed by atoms with Gasteiger partial charge in [0.25, 0.3) is 0 Å². The van der Waals surface area contributed by atoms with Gasteiger partial charge in [-0.15, -0.1) is 0 Å². The Hall–Kier alpha value is -6.72. The molecule has 0 amide bonds. The number of hydrogen-bond donors (Lipinski definition) is 0. The van der Waals surface area contributed by atoms with Gasteiger partial charge in [-0.1, -0.05) is 116 Å². The average molecular weight is 797 g/mol. The molecular weight excluding hydrogens is 745 g/mol. The van der Waals surface area contributed by atoms with Crippen LogP contribution in [0.2, 0.25) is 0 Å². The second kappa shape index (κ2) is 15.1. The van der Waals surface area contributed by atoms with Crippen molar-refractivity contribution in [3.63, 3.8) is 0 Å². The Morgan fingerprint density at radius 2 is 1.07 bits per heavy atom. The summed E-state index contributed by atoms with van der Waals surface area (Å²) in [6.45, 7) is 18.5. The quantitative estimate of drug-likeness (QED) is 0.137. The van der Waals surface area contributed by atoms with Crippen molar-refractivity contribution in [2.45, 2.75) is 79.1 Å². The van der Waals surface area contributed by atoms with Gasteiger partial charge in [0.1, 0.15) is 23.0 Å². The first-order valence-corrected chi connectivity index (χ1v) is 21.8. The number of imidazole rings is 1. The molecule has 0 aliphatic heterocycles. The molecule has 0 fully saturated rings. The van der Waals surface area contributed by atoms with E-state index in [0.29, 0.717) is 23.7 Å². The van der Waals surface area contributed by atoms with Crippen molar-refractivity contribution < 1.29 is 4.74 Å². The van der Waals surface area contributed by atoms with E-state index in [2.05, 4.69) is 186 Å². The lowest BCUT2D eigenvalue weighted by atomic mass is 9.80. The molecule has 0 saturated heterocycles. The molecule has 5 heteroatoms. The molecule has 0 aliphatic rings. The van der Waals surface area contributed by atoms with Gasteiger partial charge >= 0.3 is 0 Å². The van der Waals surface area contributed by atoms with Gasteiger partial charge in [-0.3, -0.25) is 8.97 Å². The highest BCUT2D eigenvalue weighted by Gasteiger charge is 2.25. The van der Waals surface area contributed by atoms with E-state index in [1.807, 2.05) is 24.5 Å². The van der Waals surface area contributed by atoms with Crippen molar-refractivity contribution in [1.82, 2.24) is 18.9 Å². The van der Waals surface area contributed by atoms with Gasteiger partial charge < -0.3 is 4.74 Å². The molecule has 0 unspecified atom stereocenters. The van der Waals surface area contributed by atoms with Crippen molar-refractivity contribution in [2.24, 2.45) is 0 Å². The molecule has 302 valence electrons. The molecule has 0 radical (unpaired) electrons. The Morgan fingerprint density at radius 3 is 1.72 bits per heavy atom. The predicted molar refractivity (Wildman–Crippen MR) is 256 cm³/mol. The summed E-state index contributed by atoms with van der Waals surface area (Å²) in [5.41, 5.74) is 14.9. The van der Waals surface area contributed by atoms with E-state index in [1.54, 1.807) is 0 Å². The summed E-state index contributed by atoms with van der Waals surface area (Å²) in [7, 11) is 0. The maximum absolute atomic E-state index is 6.81. The van der Waals surface area contributed by atoms with Crippen LogP contribution < -0.4 is 4.74 Å². The third-order valence-corrected chi connectivity index (χ3v) is 12.6. The third-order valence-electron chi connectivity index (χ3n) is 12.6. The monoisotopic (exact) mass is 796 g/mol. The average Bonchev–Trinajstić information content (AvgIpc) is 3.89. The summed E-state index contributed by atoms with van der Waals surface area (Å²) in [5, 5.41) is 5.76. The number of fused-ring (bicyclic) bond motifs is 9. The number of nitrogens with zero attached hydrogens (tertiary/aromatic N) is 4. The zero-order valence-electron chi connectivity index (χ0n) is 36.4. The van der Waals surface area contributed by atoms with Crippen LogP contribution in [0.25, 0.3) is 77.2 Å². The normalized spacial score (nSPS) is 12.2. The minimum absolute atomic E-state index is 0.332. The summed E-state index contributed by atoms with van der Waals surface area (Å²) in [4.78, 5) is 9.78. The van der Waals surface area contributed by atoms with Crippen LogP contribution in [0.15, 0.2) is 146 Å². The summed E-state index contributed by atoms with van der Waals surface area (Å²) >= 11 is 0. The second-order valence-corrected chi connectivity index (χ2v) is 17.8. The number of aromatic nitrogens is 4. The fourth-order valence-corrected chi connectivity index (χ4v) is 9.76. The van der Waals surface area contributed by atoms with E-state index >= 15 is 0 Å². The molecule has 4 heterocycles. The van der Waals surface area contributed by atoms with Crippen molar-refractivity contribution in [2.75, 3.05) is 0 Å². The zero-order chi connectivity index (χ0) is 42.1. The molecule has 10 rings (SSSR count). The lowest BCUT2D eigenvalue weighted by molar-refractivity contribution is 0.484. The fraction of sp³-hybridized carbons (Fsp3) is 0.214. The van der Waals surface area contributed by atoms with Crippen LogP contribution in [-0.4, -0.2) is 18.9 Å². The minimum atomic E-state index is 0.332. The molecule has 0 saturated carbocycles. The van der Waals surface area contributed by atoms with E-state index in [-0.39, 0.29) is 0 Å². The second-order valence-electron chi connectivity index (χ2n) is 17.8. The number of benzene rings is 6. The van der Waals surface area contributed by atoms with Crippen LogP contribution in [0, 0.1) is 0 Å². The Balaban J connectivity index is 1.23. The van der Waals surface area contributed by atoms with Gasteiger partial charge in [0.2, 0.25) is 0 Å². The van der Waals surface area contributed by atoms with Crippen molar-refractivity contribution in [3.05, 3.63) is 168 Å². The summed E-state index contributed by atoms with van der Waals surface area (Å²) in [6, 6.07) is 46.2. The van der Waals surface area contributed by atoms with E-state index in [4.69, 9.17) is 14.7 Å². The molecular formula is C56H52N4O. The van der Waals surface area contributed by atoms with E-state index < -0.39 is 0 Å². The van der Waals surface area contributed by atoms with Crippen LogP contribution in [-0.2, 0) is 0 Å². The van der Waals surface area contributed by atoms with Crippen LogP contribution in [0.4, 0.5) is 0 Å². The topological polar surface area (TPSA) is 44.3 Å². The van der Waals surface area contributed by atoms with Gasteiger partial charge in [-0.25, -0.2) is 9.97 Å². The van der Waals surface area contributed by atoms with E-state index in [9.17, 15) is 0 Å². The first-order valence-electron chi connectivity index (χ1n) is 21.8. The van der Waals surface area contributed by atoms with Crippen molar-refractivity contribution in [3.8, 4) is 39.6 Å². The largest absolute Gasteiger partial charge is 0.457 e. The Labute approximate surface area is 358 Å². The lowest BCUT2D eigenvalue weighted by Crippen LogP contribution is -2.04. The van der Waals surface area contributed by atoms with Crippen LogP contribution in [0.3, 0.4) is 0 Å². The third kappa shape index (κ3) is 6.37. The molecule has 5 nitrogen and oxygen atoms in total. The fourth-order valence-electron chi connectivity index (χ4n) is 9.76. The summed E-state index contributed by atoms with van der Waals surface area (Å²) in [6.07, 6.45) is 5.90. The van der Waals surface area contributed by atoms with E-state index in [0.717, 1.165) is 55.7 Å². The molecule has 6 aromatic carbocycles. The minimum Gasteiger partial charge on any atom is -0.457 e.